The third-order valence-corrected chi connectivity index (χ3v) is 256. The zero-order chi connectivity index (χ0) is 30.4. The van der Waals surface area contributed by atoms with Gasteiger partial charge in [-0.1, -0.05) is 17.9 Å². The molecular formula is H38P38. The van der Waals surface area contributed by atoms with Crippen molar-refractivity contribution in [1.82, 2.24) is 0 Å². The standard InChI is InChI=1S/H38P38/c1-21(2)31(22(3)4)36(32(23(5)6)24(7)8)38(35(29(17)18)30(19)20)37(33(25(9)10)26(11)12)34(27(13)14)28(15)16/h1-2H,3-20H2. The van der Waals surface area contributed by atoms with Crippen molar-refractivity contribution in [1.29, 1.82) is 0 Å². The second-order valence-electron chi connectivity index (χ2n) is 5.88. The summed E-state index contributed by atoms with van der Waals surface area (Å²) < 4.78 is 0. The van der Waals surface area contributed by atoms with Crippen LogP contribution >= 0.6 is 304 Å². The van der Waals surface area contributed by atoms with E-state index in [0.717, 1.165) is 0 Å². The number of hydrogen-bond donors (Lipinski definition) is 0. The Morgan fingerprint density at radius 1 is 0.211 bits per heavy atom. The molecule has 21 atom stereocenters. The van der Waals surface area contributed by atoms with Crippen molar-refractivity contribution in [2.24, 2.45) is 0 Å². The van der Waals surface area contributed by atoms with Crippen molar-refractivity contribution in [3.05, 3.63) is 0 Å². The maximum atomic E-state index is 4.32. The van der Waals surface area contributed by atoms with Gasteiger partial charge >= 0.3 is 0 Å². The van der Waals surface area contributed by atoms with E-state index in [0.29, 0.717) is 0 Å². The molecule has 0 saturated heterocycles. The monoisotopic (exact) mass is 1220 g/mol. The van der Waals surface area contributed by atoms with E-state index in [2.05, 4.69) is 179 Å². The van der Waals surface area contributed by atoms with Crippen molar-refractivity contribution >= 4 is 304 Å². The Balaban J connectivity index is 8.12. The molecule has 0 aromatic heterocycles. The predicted octanol–water partition coefficient (Wildman–Crippen LogP) is 22.6. The smallest absolute Gasteiger partial charge is 0.000179 e. The highest BCUT2D eigenvalue weighted by Crippen LogP contribution is 3.42. The molecule has 38 heavy (non-hydrogen) atoms. The summed E-state index contributed by atoms with van der Waals surface area (Å²) in [6.45, 7) is -2.18. The highest BCUT2D eigenvalue weighted by atomic mass is 33.5. The zero-order valence-electron chi connectivity index (χ0n) is 19.4. The maximum absolute atomic E-state index is 4.32. The maximum Gasteiger partial charge on any atom is -0.000179 e. The van der Waals surface area contributed by atoms with Crippen molar-refractivity contribution in [2.75, 3.05) is 0 Å². The van der Waals surface area contributed by atoms with Crippen molar-refractivity contribution in [3.8, 4) is 0 Å². The first-order chi connectivity index (χ1) is 17.2. The molecule has 0 heterocycles. The molecule has 38 heteroatoms. The molecule has 0 nitrogen and oxygen atoms in total. The van der Waals surface area contributed by atoms with Gasteiger partial charge in [0.1, 0.15) is 0 Å². The molecule has 0 N–H and O–H groups in total. The molecule has 0 spiro atoms. The van der Waals surface area contributed by atoms with Crippen LogP contribution in [0.3, 0.4) is 0 Å². The van der Waals surface area contributed by atoms with Gasteiger partial charge in [-0.2, -0.15) is 0 Å². The Morgan fingerprint density at radius 2 is 0.342 bits per heavy atom. The summed E-state index contributed by atoms with van der Waals surface area (Å²) in [6, 6.07) is 0. The van der Waals surface area contributed by atoms with Gasteiger partial charge in [0.2, 0.25) is 0 Å². The first kappa shape index (κ1) is 54.3. The fourth-order valence-electron chi connectivity index (χ4n) is 2.14. The van der Waals surface area contributed by atoms with Crippen LogP contribution in [0.25, 0.3) is 0 Å². The Kier molecular flexibility index (Phi) is 42.2. The lowest BCUT2D eigenvalue weighted by molar-refractivity contribution is 4.39. The van der Waals surface area contributed by atoms with Crippen LogP contribution in [0.4, 0.5) is 0 Å². The van der Waals surface area contributed by atoms with Gasteiger partial charge in [0, 0.05) is 0 Å². The molecule has 0 amide bonds. The fraction of sp³-hybridized carbons (Fsp3) is 0. The summed E-state index contributed by atoms with van der Waals surface area (Å²) in [4.78, 5) is 0. The SMILES string of the molecule is [PH]P([PH])P(P(P)P)P(P(P(P)P)P(P)P)P(P(P(P)P)P(P)P)P(P(P(P)P)P(P)P)P(P(P)P)P(P)P. The highest BCUT2D eigenvalue weighted by molar-refractivity contribution is 9.48. The summed E-state index contributed by atoms with van der Waals surface area (Å²) >= 11 is 0. The van der Waals surface area contributed by atoms with Gasteiger partial charge in [-0.25, -0.2) is 0 Å². The van der Waals surface area contributed by atoms with E-state index in [-0.39, 0.29) is 126 Å². The second-order valence-corrected chi connectivity index (χ2v) is 159. The molecule has 0 rings (SSSR count). The van der Waals surface area contributed by atoms with Crippen LogP contribution in [-0.2, 0) is 0 Å². The lowest BCUT2D eigenvalue weighted by Gasteiger charge is -2.55. The van der Waals surface area contributed by atoms with Crippen LogP contribution in [0, 0.1) is 0 Å². The van der Waals surface area contributed by atoms with Gasteiger partial charge < -0.3 is 0 Å². The Morgan fingerprint density at radius 3 is 0.474 bits per heavy atom. The lowest BCUT2D eigenvalue weighted by atomic mass is 28.4. The highest BCUT2D eigenvalue weighted by Gasteiger charge is 2.54. The third kappa shape index (κ3) is 19.4. The molecule has 0 aliphatic carbocycles. The summed E-state index contributed by atoms with van der Waals surface area (Å²) in [5.74, 6) is 0. The van der Waals surface area contributed by atoms with Crippen molar-refractivity contribution in [3.63, 3.8) is 0 Å². The predicted molar refractivity (Wildman–Crippen MR) is 316 cm³/mol. The Labute approximate surface area is 300 Å². The fourth-order valence-corrected chi connectivity index (χ4v) is 519. The second kappa shape index (κ2) is 29.5. The Hall–Kier alpha value is 16.3. The molecule has 0 aromatic carbocycles. The largest absolute Gasteiger partial charge is 0.102 e. The van der Waals surface area contributed by atoms with Crippen LogP contribution in [0.15, 0.2) is 0 Å². The molecule has 0 fully saturated rings. The summed E-state index contributed by atoms with van der Waals surface area (Å²) in [5, 5.41) is 0. The lowest BCUT2D eigenvalue weighted by Crippen LogP contribution is -1.67. The molecule has 0 aromatic rings. The molecule has 0 aliphatic heterocycles. The summed E-state index contributed by atoms with van der Waals surface area (Å²) in [6.07, 6.45) is 0. The van der Waals surface area contributed by atoms with Crippen LogP contribution < -0.4 is 0 Å². The van der Waals surface area contributed by atoms with Crippen LogP contribution in [-0.4, -0.2) is 0 Å². The van der Waals surface area contributed by atoms with E-state index in [1.165, 1.54) is 0 Å². The van der Waals surface area contributed by atoms with Gasteiger partial charge in [-0.3, -0.25) is 0 Å². The Bertz CT molecular complexity index is 478. The van der Waals surface area contributed by atoms with E-state index in [4.69, 9.17) is 0 Å². The first-order valence-corrected chi connectivity index (χ1v) is 76.5. The number of rotatable bonds is 17. The quantitative estimate of drug-likeness (QED) is 0.127. The number of hydrogen-bond acceptors (Lipinski definition) is 0. The molecule has 0 aliphatic rings. The average Bonchev–Trinajstić information content (AvgIpc) is 2.67. The zero-order valence-corrected chi connectivity index (χ0v) is 58.3. The van der Waals surface area contributed by atoms with Gasteiger partial charge in [0.25, 0.3) is 0 Å². The minimum absolute atomic E-state index is 0.0507. The summed E-state index contributed by atoms with van der Waals surface area (Å²) in [7, 11) is 69.1. The van der Waals surface area contributed by atoms with E-state index < -0.39 is 0 Å². The van der Waals surface area contributed by atoms with Crippen LogP contribution in [0.5, 0.6) is 0 Å². The summed E-state index contributed by atoms with van der Waals surface area (Å²) in [5.41, 5.74) is 0. The minimum Gasteiger partial charge on any atom is -0.102 e. The van der Waals surface area contributed by atoms with Gasteiger partial charge in [0.15, 0.2) is 0 Å². The van der Waals surface area contributed by atoms with Crippen molar-refractivity contribution < 1.29 is 0 Å². The van der Waals surface area contributed by atoms with E-state index in [9.17, 15) is 0 Å². The van der Waals surface area contributed by atoms with Gasteiger partial charge in [-0.15, -0.1) is 161 Å². The molecule has 21 unspecified atom stereocenters. The molecule has 2 radical (unpaired) electrons. The van der Waals surface area contributed by atoms with Gasteiger partial charge in [-0.05, 0) is 126 Å². The van der Waals surface area contributed by atoms with Crippen LogP contribution in [0.1, 0.15) is 0 Å². The first-order valence-electron chi connectivity index (χ1n) is 8.49. The molecule has 0 bridgehead atoms. The van der Waals surface area contributed by atoms with Crippen LogP contribution in [0.2, 0.25) is 0 Å². The average molecular weight is 1220 g/mol. The van der Waals surface area contributed by atoms with E-state index in [1.807, 2.05) is 0 Å². The van der Waals surface area contributed by atoms with Crippen molar-refractivity contribution in [2.45, 2.75) is 0 Å². The molecule has 228 valence electrons. The third-order valence-electron chi connectivity index (χ3n) is 3.16. The van der Waals surface area contributed by atoms with E-state index in [1.54, 1.807) is 0 Å². The van der Waals surface area contributed by atoms with E-state index >= 15 is 0 Å². The van der Waals surface area contributed by atoms with Gasteiger partial charge in [0.05, 0.1) is 0 Å². The molecular weight excluding hydrogens is 1180 g/mol. The minimum atomic E-state index is -0.335. The topological polar surface area (TPSA) is 0 Å². The molecule has 0 saturated carbocycles. The normalized spacial score (nSPS) is 14.4.